The molecule has 1 unspecified atom stereocenters. The lowest BCUT2D eigenvalue weighted by Gasteiger charge is -2.23. The summed E-state index contributed by atoms with van der Waals surface area (Å²) in [6.07, 6.45) is 3.25. The second-order valence-electron chi connectivity index (χ2n) is 6.80. The first-order valence-corrected chi connectivity index (χ1v) is 9.33. The molecule has 5 nitrogen and oxygen atoms in total. The van der Waals surface area contributed by atoms with Crippen molar-refractivity contribution in [2.24, 2.45) is 0 Å². The fraction of sp³-hybridized carbons (Fsp3) is 0.333. The fourth-order valence-electron chi connectivity index (χ4n) is 3.61. The molecule has 4 rings (SSSR count). The number of hydrogen-bond acceptors (Lipinski definition) is 3. The maximum absolute atomic E-state index is 12.4. The highest BCUT2D eigenvalue weighted by molar-refractivity contribution is 5.85. The van der Waals surface area contributed by atoms with Crippen molar-refractivity contribution in [3.05, 3.63) is 60.4 Å². The molecule has 0 spiro atoms. The van der Waals surface area contributed by atoms with Gasteiger partial charge in [0.05, 0.1) is 11.0 Å². The molecule has 1 atom stereocenters. The Morgan fingerprint density at radius 1 is 1.15 bits per heavy atom. The molecule has 1 saturated heterocycles. The van der Waals surface area contributed by atoms with Crippen molar-refractivity contribution in [1.29, 1.82) is 0 Å². The number of imidazole rings is 1. The van der Waals surface area contributed by atoms with E-state index in [1.165, 1.54) is 0 Å². The zero-order valence-electron chi connectivity index (χ0n) is 15.2. The molecule has 1 aromatic heterocycles. The number of halogens is 1. The minimum Gasteiger partial charge on any atom is -0.352 e. The molecule has 6 heteroatoms. The van der Waals surface area contributed by atoms with Crippen molar-refractivity contribution in [3.63, 3.8) is 0 Å². The van der Waals surface area contributed by atoms with Crippen molar-refractivity contribution in [2.45, 2.75) is 31.7 Å². The van der Waals surface area contributed by atoms with Gasteiger partial charge in [-0.2, -0.15) is 0 Å². The zero-order valence-corrected chi connectivity index (χ0v) is 16.0. The first-order chi connectivity index (χ1) is 12.8. The number of hydrogen-bond donors (Lipinski definition) is 2. The van der Waals surface area contributed by atoms with Gasteiger partial charge in [-0.3, -0.25) is 9.36 Å². The number of aryl methyl sites for hydroxylation is 1. The molecule has 0 saturated carbocycles. The van der Waals surface area contributed by atoms with E-state index in [0.717, 1.165) is 48.5 Å². The third-order valence-electron chi connectivity index (χ3n) is 4.88. The second kappa shape index (κ2) is 9.02. The normalized spacial score (nSPS) is 16.7. The Hall–Kier alpha value is -2.37. The van der Waals surface area contributed by atoms with Crippen LogP contribution in [0.3, 0.4) is 0 Å². The molecule has 0 bridgehead atoms. The average molecular weight is 385 g/mol. The topological polar surface area (TPSA) is 59.0 Å². The quantitative estimate of drug-likeness (QED) is 0.710. The number of carbonyl (C=O) groups is 1. The molecular weight excluding hydrogens is 360 g/mol. The summed E-state index contributed by atoms with van der Waals surface area (Å²) in [4.78, 5) is 17.2. The Morgan fingerprint density at radius 2 is 1.93 bits per heavy atom. The van der Waals surface area contributed by atoms with E-state index in [0.29, 0.717) is 12.8 Å². The smallest absolute Gasteiger partial charge is 0.220 e. The number of carbonyl (C=O) groups excluding carboxylic acids is 1. The highest BCUT2D eigenvalue weighted by Crippen LogP contribution is 2.22. The molecular formula is C21H25ClN4O. The van der Waals surface area contributed by atoms with Gasteiger partial charge in [-0.25, -0.2) is 4.98 Å². The lowest BCUT2D eigenvalue weighted by molar-refractivity contribution is -0.121. The molecule has 2 aromatic carbocycles. The predicted octanol–water partition coefficient (Wildman–Crippen LogP) is 3.25. The number of nitrogens with one attached hydrogen (secondary N) is 2. The molecule has 2 heterocycles. The van der Waals surface area contributed by atoms with Crippen molar-refractivity contribution in [1.82, 2.24) is 20.2 Å². The standard InChI is InChI=1S/C21H24N4O.ClH/c26-21(23-16-7-6-14-22-15-16)13-12-20-24-18-10-4-5-11-19(18)25(20)17-8-2-1-3-9-17;/h1-5,8-11,16,22H,6-7,12-15H2,(H,23,26);1H. The van der Waals surface area contributed by atoms with E-state index < -0.39 is 0 Å². The second-order valence-corrected chi connectivity index (χ2v) is 6.80. The Labute approximate surface area is 165 Å². The van der Waals surface area contributed by atoms with Gasteiger partial charge in [-0.1, -0.05) is 30.3 Å². The van der Waals surface area contributed by atoms with Gasteiger partial charge in [0.2, 0.25) is 5.91 Å². The van der Waals surface area contributed by atoms with Crippen LogP contribution in [0.15, 0.2) is 54.6 Å². The molecule has 1 fully saturated rings. The van der Waals surface area contributed by atoms with Gasteiger partial charge >= 0.3 is 0 Å². The molecule has 2 N–H and O–H groups in total. The maximum Gasteiger partial charge on any atom is 0.220 e. The summed E-state index contributed by atoms with van der Waals surface area (Å²) in [6, 6.07) is 18.6. The summed E-state index contributed by atoms with van der Waals surface area (Å²) < 4.78 is 2.16. The maximum atomic E-state index is 12.4. The number of para-hydroxylation sites is 3. The minimum absolute atomic E-state index is 0. The Morgan fingerprint density at radius 3 is 2.70 bits per heavy atom. The van der Waals surface area contributed by atoms with Gasteiger partial charge in [-0.05, 0) is 43.7 Å². The number of nitrogens with zero attached hydrogens (tertiary/aromatic N) is 2. The molecule has 0 aliphatic carbocycles. The van der Waals surface area contributed by atoms with Crippen LogP contribution in [0.1, 0.15) is 25.1 Å². The van der Waals surface area contributed by atoms with Crippen LogP contribution in [0.5, 0.6) is 0 Å². The summed E-state index contributed by atoms with van der Waals surface area (Å²) in [7, 11) is 0. The van der Waals surface area contributed by atoms with Gasteiger partial charge in [0.1, 0.15) is 5.82 Å². The largest absolute Gasteiger partial charge is 0.352 e. The molecule has 27 heavy (non-hydrogen) atoms. The Balaban J connectivity index is 0.00000210. The highest BCUT2D eigenvalue weighted by Gasteiger charge is 2.17. The molecule has 142 valence electrons. The Bertz CT molecular complexity index is 888. The van der Waals surface area contributed by atoms with Crippen LogP contribution in [-0.4, -0.2) is 34.6 Å². The number of fused-ring (bicyclic) bond motifs is 1. The minimum atomic E-state index is 0. The average Bonchev–Trinajstić information content (AvgIpc) is 3.06. The van der Waals surface area contributed by atoms with E-state index in [1.54, 1.807) is 0 Å². The van der Waals surface area contributed by atoms with Crippen LogP contribution in [0, 0.1) is 0 Å². The molecule has 3 aromatic rings. The van der Waals surface area contributed by atoms with Gasteiger partial charge in [0, 0.05) is 31.1 Å². The Kier molecular flexibility index (Phi) is 6.48. The van der Waals surface area contributed by atoms with E-state index >= 15 is 0 Å². The third kappa shape index (κ3) is 4.49. The van der Waals surface area contributed by atoms with Crippen molar-refractivity contribution in [3.8, 4) is 5.69 Å². The van der Waals surface area contributed by atoms with Crippen molar-refractivity contribution >= 4 is 29.3 Å². The number of amides is 1. The van der Waals surface area contributed by atoms with Gasteiger partial charge < -0.3 is 10.6 Å². The van der Waals surface area contributed by atoms with E-state index in [4.69, 9.17) is 4.98 Å². The summed E-state index contributed by atoms with van der Waals surface area (Å²) >= 11 is 0. The van der Waals surface area contributed by atoms with Gasteiger partial charge in [0.15, 0.2) is 0 Å². The van der Waals surface area contributed by atoms with Crippen molar-refractivity contribution < 1.29 is 4.79 Å². The third-order valence-corrected chi connectivity index (χ3v) is 4.88. The first kappa shape index (κ1) is 19.4. The summed E-state index contributed by atoms with van der Waals surface area (Å²) in [5.74, 6) is 1.03. The fourth-order valence-corrected chi connectivity index (χ4v) is 3.61. The van der Waals surface area contributed by atoms with Crippen LogP contribution in [0.4, 0.5) is 0 Å². The summed E-state index contributed by atoms with van der Waals surface area (Å²) in [6.45, 7) is 1.92. The van der Waals surface area contributed by atoms with E-state index in [2.05, 4.69) is 33.4 Å². The SMILES string of the molecule is Cl.O=C(CCc1nc2ccccc2n1-c1ccccc1)NC1CCCNC1. The van der Waals surface area contributed by atoms with Gasteiger partial charge in [0.25, 0.3) is 0 Å². The van der Waals surface area contributed by atoms with Crippen molar-refractivity contribution in [2.75, 3.05) is 13.1 Å². The highest BCUT2D eigenvalue weighted by atomic mass is 35.5. The van der Waals surface area contributed by atoms with E-state index in [1.807, 2.05) is 36.4 Å². The zero-order chi connectivity index (χ0) is 17.8. The van der Waals surface area contributed by atoms with Crippen LogP contribution in [0.2, 0.25) is 0 Å². The van der Waals surface area contributed by atoms with Crippen LogP contribution < -0.4 is 10.6 Å². The van der Waals surface area contributed by atoms with E-state index in [9.17, 15) is 4.79 Å². The van der Waals surface area contributed by atoms with E-state index in [-0.39, 0.29) is 24.4 Å². The van der Waals surface area contributed by atoms with Crippen LogP contribution in [-0.2, 0) is 11.2 Å². The molecule has 1 aliphatic heterocycles. The summed E-state index contributed by atoms with van der Waals surface area (Å²) in [5.41, 5.74) is 3.11. The number of benzene rings is 2. The van der Waals surface area contributed by atoms with Crippen LogP contribution in [0.25, 0.3) is 16.7 Å². The summed E-state index contributed by atoms with van der Waals surface area (Å²) in [5, 5.41) is 6.47. The lowest BCUT2D eigenvalue weighted by Crippen LogP contribution is -2.45. The molecule has 1 amide bonds. The number of rotatable bonds is 5. The first-order valence-electron chi connectivity index (χ1n) is 9.33. The monoisotopic (exact) mass is 384 g/mol. The lowest BCUT2D eigenvalue weighted by atomic mass is 10.1. The molecule has 1 aliphatic rings. The van der Waals surface area contributed by atoms with Crippen LogP contribution >= 0.6 is 12.4 Å². The van der Waals surface area contributed by atoms with Gasteiger partial charge in [-0.15, -0.1) is 12.4 Å². The molecule has 0 radical (unpaired) electrons. The predicted molar refractivity (Wildman–Crippen MR) is 111 cm³/mol. The number of aromatic nitrogens is 2. The number of piperidine rings is 1.